The highest BCUT2D eigenvalue weighted by Crippen LogP contribution is 2.14. The van der Waals surface area contributed by atoms with Crippen molar-refractivity contribution in [1.82, 2.24) is 55.1 Å². The van der Waals surface area contributed by atoms with Gasteiger partial charge in [0.1, 0.15) is 17.0 Å². The molecule has 5 aromatic heterocycles. The van der Waals surface area contributed by atoms with E-state index in [1.54, 1.807) is 53.7 Å². The monoisotopic (exact) mass is 884 g/mol. The minimum atomic E-state index is -0.552. The van der Waals surface area contributed by atoms with Crippen LogP contribution in [0.3, 0.4) is 0 Å². The molecule has 0 spiro atoms. The number of ether oxygens (including phenoxy) is 1. The number of rotatable bonds is 19. The maximum Gasteiger partial charge on any atom is 0.421 e. The molecular formula is C39H58Cl2N16O4. The van der Waals surface area contributed by atoms with E-state index in [-0.39, 0.29) is 49.1 Å². The van der Waals surface area contributed by atoms with E-state index >= 15 is 0 Å². The van der Waals surface area contributed by atoms with Gasteiger partial charge in [-0.1, -0.05) is 23.2 Å². The number of aromatic amines is 3. The standard InChI is InChI=1S/C17H24N8O.C15H23N3O2.C7H9N5O.2ClH/c18-17-21-11-13(22-17)5-2-1-3-6-14-12-25(24-23-14)10-9-20-16(26)15-7-4-8-19-15;1-5-6-7-8-9-10-12-11-18(13(16)17-12)14(19)20-15(2,3)4;8-12-11-5-4-10-7(13)6-2-1-3-9-6;;/h4,7-8,11-12,19H,1-3,5-6,9-10H2,(H,20,26)(H3,18,21,22);1,11H,6-10H2,2-4H3,(H2,16,17);1-3,9H,4-5H2,(H,10,13);2*1H. The fourth-order valence-corrected chi connectivity index (χ4v) is 5.28. The highest BCUT2D eigenvalue weighted by molar-refractivity contribution is 5.92. The molecule has 0 fully saturated rings. The molecule has 0 aliphatic heterocycles. The van der Waals surface area contributed by atoms with Gasteiger partial charge in [0.25, 0.3) is 11.8 Å². The van der Waals surface area contributed by atoms with Crippen LogP contribution in [0.25, 0.3) is 10.4 Å². The second kappa shape index (κ2) is 28.9. The number of azide groups is 1. The third-order valence-electron chi connectivity index (χ3n) is 8.11. The van der Waals surface area contributed by atoms with Crippen LogP contribution < -0.4 is 22.1 Å². The number of nitrogens with one attached hydrogen (secondary N) is 5. The quantitative estimate of drug-likeness (QED) is 0.0162. The summed E-state index contributed by atoms with van der Waals surface area (Å²) in [4.78, 5) is 54.3. The van der Waals surface area contributed by atoms with Gasteiger partial charge >= 0.3 is 6.09 Å². The maximum absolute atomic E-state index is 11.9. The van der Waals surface area contributed by atoms with Crippen LogP contribution in [0.2, 0.25) is 0 Å². The zero-order valence-electron chi connectivity index (χ0n) is 34.8. The number of unbranched alkanes of at least 4 members (excludes halogenated alkanes) is 5. The van der Waals surface area contributed by atoms with Crippen molar-refractivity contribution in [3.8, 4) is 12.3 Å². The lowest BCUT2D eigenvalue weighted by atomic mass is 10.1. The van der Waals surface area contributed by atoms with E-state index in [1.165, 1.54) is 4.57 Å². The number of imidazole rings is 2. The molecule has 20 nitrogen and oxygen atoms in total. The van der Waals surface area contributed by atoms with Crippen molar-refractivity contribution < 1.29 is 19.1 Å². The molecule has 0 saturated heterocycles. The van der Waals surface area contributed by atoms with Crippen LogP contribution in [0.1, 0.15) is 104 Å². The molecule has 5 aromatic rings. The summed E-state index contributed by atoms with van der Waals surface area (Å²) in [6.07, 6.45) is 23.2. The van der Waals surface area contributed by atoms with E-state index in [0.29, 0.717) is 37.0 Å². The normalized spacial score (nSPS) is 10.2. The third kappa shape index (κ3) is 21.4. The lowest BCUT2D eigenvalue weighted by molar-refractivity contribution is 0.0540. The van der Waals surface area contributed by atoms with Gasteiger partial charge < -0.3 is 41.8 Å². The molecule has 2 amide bonds. The fourth-order valence-electron chi connectivity index (χ4n) is 5.28. The Kier molecular flexibility index (Phi) is 24.9. The Balaban J connectivity index is 0.000000475. The van der Waals surface area contributed by atoms with Crippen LogP contribution in [-0.4, -0.2) is 87.6 Å². The van der Waals surface area contributed by atoms with Crippen molar-refractivity contribution in [2.45, 2.75) is 97.1 Å². The number of carbonyl (C=O) groups is 3. The number of anilines is 2. The molecule has 0 unspecified atom stereocenters. The summed E-state index contributed by atoms with van der Waals surface area (Å²) in [5.41, 5.74) is 22.6. The van der Waals surface area contributed by atoms with Crippen LogP contribution in [0, 0.1) is 12.3 Å². The molecular weight excluding hydrogens is 827 g/mol. The van der Waals surface area contributed by atoms with E-state index in [2.05, 4.69) is 61.8 Å². The molecule has 5 heterocycles. The lowest BCUT2D eigenvalue weighted by Crippen LogP contribution is -2.27. The van der Waals surface area contributed by atoms with Crippen molar-refractivity contribution in [3.63, 3.8) is 0 Å². The van der Waals surface area contributed by atoms with Gasteiger partial charge in [-0.3, -0.25) is 14.3 Å². The molecule has 0 aliphatic carbocycles. The second-order valence-corrected chi connectivity index (χ2v) is 14.2. The summed E-state index contributed by atoms with van der Waals surface area (Å²) in [6, 6.07) is 6.94. The Morgan fingerprint density at radius 3 is 2.11 bits per heavy atom. The highest BCUT2D eigenvalue weighted by atomic mass is 35.5. The molecule has 332 valence electrons. The van der Waals surface area contributed by atoms with Crippen LogP contribution in [-0.2, 0) is 30.5 Å². The number of carbonyl (C=O) groups excluding carboxylic acids is 3. The summed E-state index contributed by atoms with van der Waals surface area (Å²) >= 11 is 0. The summed E-state index contributed by atoms with van der Waals surface area (Å²) < 4.78 is 8.27. The topological polar surface area (TPSA) is 294 Å². The molecule has 0 saturated carbocycles. The lowest BCUT2D eigenvalue weighted by Gasteiger charge is -2.19. The molecule has 0 radical (unpaired) electrons. The number of aromatic nitrogens is 9. The first kappa shape index (κ1) is 52.6. The smallest absolute Gasteiger partial charge is 0.421 e. The van der Waals surface area contributed by atoms with Gasteiger partial charge in [0.15, 0.2) is 5.95 Å². The number of amides is 2. The number of terminal acetylenes is 1. The summed E-state index contributed by atoms with van der Waals surface area (Å²) in [6.45, 7) is 7.15. The maximum atomic E-state index is 11.9. The molecule has 61 heavy (non-hydrogen) atoms. The average Bonchev–Trinajstić information content (AvgIpc) is 4.05. The SMILES string of the molecule is C#CCCCCCc1cn(C(=O)OC(C)(C)C)c(N)n1.Cl.Cl.Nc1ncc(CCCCCc2cn(CCNC(=O)c3ccc[nH]3)nn2)[nH]1.[N-]=[N+]=NCCNC(=O)c1ccc[nH]1. The van der Waals surface area contributed by atoms with Crippen molar-refractivity contribution in [2.75, 3.05) is 31.1 Å². The number of nitrogens with two attached hydrogens (primary N) is 2. The molecule has 9 N–H and O–H groups in total. The summed E-state index contributed by atoms with van der Waals surface area (Å²) in [7, 11) is 0. The molecule has 0 aliphatic rings. The van der Waals surface area contributed by atoms with E-state index in [9.17, 15) is 14.4 Å². The van der Waals surface area contributed by atoms with Gasteiger partial charge in [0.2, 0.25) is 5.95 Å². The van der Waals surface area contributed by atoms with Crippen molar-refractivity contribution in [2.24, 2.45) is 5.11 Å². The summed E-state index contributed by atoms with van der Waals surface area (Å²) in [5.74, 6) is 2.94. The second-order valence-electron chi connectivity index (χ2n) is 14.2. The van der Waals surface area contributed by atoms with Crippen LogP contribution >= 0.6 is 24.8 Å². The average molecular weight is 886 g/mol. The predicted octanol–water partition coefficient (Wildman–Crippen LogP) is 6.18. The number of hydrogen-bond acceptors (Lipinski definition) is 11. The third-order valence-corrected chi connectivity index (χ3v) is 8.11. The Morgan fingerprint density at radius 1 is 0.918 bits per heavy atom. The Morgan fingerprint density at radius 2 is 1.54 bits per heavy atom. The Hall–Kier alpha value is -6.42. The van der Waals surface area contributed by atoms with Crippen LogP contribution in [0.15, 0.2) is 60.4 Å². The first-order valence-corrected chi connectivity index (χ1v) is 19.4. The number of aryl methyl sites for hydroxylation is 3. The van der Waals surface area contributed by atoms with Crippen molar-refractivity contribution in [3.05, 3.63) is 94.2 Å². The van der Waals surface area contributed by atoms with Gasteiger partial charge in [-0.15, -0.1) is 42.3 Å². The molecule has 0 bridgehead atoms. The fraction of sp³-hybridized carbons (Fsp3) is 0.462. The Bertz CT molecular complexity index is 2070. The van der Waals surface area contributed by atoms with Gasteiger partial charge in [-0.05, 0) is 95.5 Å². The summed E-state index contributed by atoms with van der Waals surface area (Å²) in [5, 5.41) is 17.0. The van der Waals surface area contributed by atoms with Crippen LogP contribution in [0.5, 0.6) is 0 Å². The number of nitrogen functional groups attached to an aromatic ring is 2. The van der Waals surface area contributed by atoms with E-state index < -0.39 is 11.7 Å². The van der Waals surface area contributed by atoms with Gasteiger partial charge in [-0.25, -0.2) is 19.3 Å². The minimum absolute atomic E-state index is 0. The first-order chi connectivity index (χ1) is 28.4. The van der Waals surface area contributed by atoms with Gasteiger partial charge in [0.05, 0.1) is 24.1 Å². The van der Waals surface area contributed by atoms with E-state index in [1.807, 2.05) is 27.0 Å². The van der Waals surface area contributed by atoms with E-state index in [0.717, 1.165) is 81.3 Å². The molecule has 0 atom stereocenters. The van der Waals surface area contributed by atoms with E-state index in [4.69, 9.17) is 28.2 Å². The highest BCUT2D eigenvalue weighted by Gasteiger charge is 2.20. The largest absolute Gasteiger partial charge is 0.443 e. The minimum Gasteiger partial charge on any atom is -0.443 e. The van der Waals surface area contributed by atoms with Gasteiger partial charge in [0, 0.05) is 61.4 Å². The van der Waals surface area contributed by atoms with Crippen molar-refractivity contribution in [1.29, 1.82) is 0 Å². The number of nitrogens with zero attached hydrogens (tertiary/aromatic N) is 9. The zero-order valence-corrected chi connectivity index (χ0v) is 36.4. The van der Waals surface area contributed by atoms with Gasteiger partial charge in [-0.2, -0.15) is 0 Å². The number of hydrogen-bond donors (Lipinski definition) is 7. The molecule has 0 aromatic carbocycles. The Labute approximate surface area is 367 Å². The molecule has 5 rings (SSSR count). The van der Waals surface area contributed by atoms with Crippen LogP contribution in [0.4, 0.5) is 16.7 Å². The predicted molar refractivity (Wildman–Crippen MR) is 238 cm³/mol. The molecule has 22 heteroatoms. The first-order valence-electron chi connectivity index (χ1n) is 19.4. The zero-order chi connectivity index (χ0) is 42.9. The van der Waals surface area contributed by atoms with Crippen molar-refractivity contribution >= 4 is 54.6 Å². The number of halogens is 2. The number of H-pyrrole nitrogens is 3.